The van der Waals surface area contributed by atoms with Crippen molar-refractivity contribution in [1.29, 1.82) is 0 Å². The Kier molecular flexibility index (Phi) is 4.32. The van der Waals surface area contributed by atoms with E-state index in [1.165, 1.54) is 0 Å². The molecule has 2 aliphatic rings. The van der Waals surface area contributed by atoms with Crippen LogP contribution in [0.2, 0.25) is 5.02 Å². The zero-order valence-electron chi connectivity index (χ0n) is 15.3. The lowest BCUT2D eigenvalue weighted by Crippen LogP contribution is -2.46. The van der Waals surface area contributed by atoms with E-state index in [1.807, 2.05) is 42.5 Å². The summed E-state index contributed by atoms with van der Waals surface area (Å²) in [6.45, 7) is 3.20. The maximum Gasteiger partial charge on any atom is 0.148 e. The molecule has 6 heteroatoms. The molecule has 0 bridgehead atoms. The van der Waals surface area contributed by atoms with Gasteiger partial charge in [0.2, 0.25) is 0 Å². The molecule has 2 heterocycles. The van der Waals surface area contributed by atoms with E-state index in [-0.39, 0.29) is 5.82 Å². The van der Waals surface area contributed by atoms with E-state index in [9.17, 15) is 4.39 Å². The van der Waals surface area contributed by atoms with Crippen LogP contribution in [-0.4, -0.2) is 36.1 Å². The Morgan fingerprint density at radius 3 is 2.46 bits per heavy atom. The number of H-pyrrole nitrogens is 1. The number of halogens is 2. The normalized spacial score (nSPS) is 16.9. The minimum Gasteiger partial charge on any atom is -0.368 e. The summed E-state index contributed by atoms with van der Waals surface area (Å²) >= 11 is 5.98. The number of hydrogen-bond donors (Lipinski definition) is 1. The fourth-order valence-corrected chi connectivity index (χ4v) is 4.02. The molecule has 1 saturated heterocycles. The van der Waals surface area contributed by atoms with Crippen molar-refractivity contribution in [3.05, 3.63) is 71.3 Å². The van der Waals surface area contributed by atoms with Crippen LogP contribution in [0.4, 0.5) is 15.8 Å². The average Bonchev–Trinajstić information content (AvgIpc) is 3.37. The highest BCUT2D eigenvalue weighted by Gasteiger charge is 2.21. The van der Waals surface area contributed by atoms with Gasteiger partial charge in [-0.25, -0.2) is 9.37 Å². The molecule has 142 valence electrons. The molecule has 0 unspecified atom stereocenters. The van der Waals surface area contributed by atoms with E-state index < -0.39 is 0 Å². The van der Waals surface area contributed by atoms with E-state index in [1.54, 1.807) is 6.07 Å². The Balaban J connectivity index is 1.36. The van der Waals surface area contributed by atoms with Crippen LogP contribution in [-0.2, 0) is 0 Å². The fraction of sp³-hybridized carbons (Fsp3) is 0.227. The van der Waals surface area contributed by atoms with Crippen LogP contribution in [0.3, 0.4) is 0 Å². The van der Waals surface area contributed by atoms with E-state index in [2.05, 4.69) is 25.8 Å². The van der Waals surface area contributed by atoms with Crippen LogP contribution >= 0.6 is 11.6 Å². The summed E-state index contributed by atoms with van der Waals surface area (Å²) in [5.74, 6) is 0.616. The topological polar surface area (TPSA) is 35.2 Å². The average molecular weight is 395 g/mol. The predicted octanol–water partition coefficient (Wildman–Crippen LogP) is 5.03. The Labute approximate surface area is 167 Å². The van der Waals surface area contributed by atoms with Crippen molar-refractivity contribution in [2.45, 2.75) is 6.42 Å². The van der Waals surface area contributed by atoms with Crippen LogP contribution in [0, 0.1) is 5.82 Å². The summed E-state index contributed by atoms with van der Waals surface area (Å²) in [5.41, 5.74) is 4.45. The number of rotatable bonds is 3. The number of hydrogen-bond acceptors (Lipinski definition) is 3. The fourth-order valence-electron chi connectivity index (χ4n) is 3.89. The Morgan fingerprint density at radius 1 is 1.00 bits per heavy atom. The van der Waals surface area contributed by atoms with E-state index in [0.29, 0.717) is 5.69 Å². The van der Waals surface area contributed by atoms with Gasteiger partial charge in [0.25, 0.3) is 0 Å². The van der Waals surface area contributed by atoms with Gasteiger partial charge >= 0.3 is 0 Å². The van der Waals surface area contributed by atoms with Gasteiger partial charge in [-0.05, 0) is 42.3 Å². The number of aromatic amines is 1. The molecule has 0 amide bonds. The summed E-state index contributed by atoms with van der Waals surface area (Å²) in [4.78, 5) is 12.3. The van der Waals surface area contributed by atoms with Gasteiger partial charge in [0.1, 0.15) is 11.6 Å². The number of imidazole rings is 1. The SMILES string of the molecule is Fc1cc2[nH]c(C3=CC=CC3)nc2cc1N1CCN(c2ccc(Cl)cc2)CC1. The first-order chi connectivity index (χ1) is 13.7. The van der Waals surface area contributed by atoms with Crippen LogP contribution in [0.1, 0.15) is 12.2 Å². The second-order valence-corrected chi connectivity index (χ2v) is 7.62. The molecule has 5 rings (SSSR count). The van der Waals surface area contributed by atoms with Gasteiger partial charge in [-0.3, -0.25) is 0 Å². The lowest BCUT2D eigenvalue weighted by molar-refractivity contribution is 0.599. The molecule has 0 radical (unpaired) electrons. The van der Waals surface area contributed by atoms with Crippen molar-refractivity contribution in [1.82, 2.24) is 9.97 Å². The third-order valence-corrected chi connectivity index (χ3v) is 5.69. The molecule has 4 nitrogen and oxygen atoms in total. The smallest absolute Gasteiger partial charge is 0.148 e. The molecule has 3 aromatic rings. The summed E-state index contributed by atoms with van der Waals surface area (Å²) < 4.78 is 14.8. The molecule has 1 aliphatic carbocycles. The van der Waals surface area contributed by atoms with E-state index in [4.69, 9.17) is 11.6 Å². The zero-order valence-corrected chi connectivity index (χ0v) is 16.1. The third-order valence-electron chi connectivity index (χ3n) is 5.44. The van der Waals surface area contributed by atoms with Crippen molar-refractivity contribution >= 4 is 39.6 Å². The maximum atomic E-state index is 14.8. The molecule has 28 heavy (non-hydrogen) atoms. The van der Waals surface area contributed by atoms with E-state index in [0.717, 1.165) is 65.7 Å². The highest BCUT2D eigenvalue weighted by atomic mass is 35.5. The van der Waals surface area contributed by atoms with Crippen LogP contribution in [0.15, 0.2) is 54.6 Å². The Bertz CT molecular complexity index is 1080. The number of piperazine rings is 1. The minimum absolute atomic E-state index is 0.207. The van der Waals surface area contributed by atoms with Crippen LogP contribution in [0.25, 0.3) is 16.6 Å². The molecule has 0 saturated carbocycles. The molecular formula is C22H20ClFN4. The van der Waals surface area contributed by atoms with Gasteiger partial charge in [0, 0.05) is 43.0 Å². The second kappa shape index (κ2) is 6.99. The van der Waals surface area contributed by atoms with Gasteiger partial charge in [-0.15, -0.1) is 0 Å². The van der Waals surface area contributed by atoms with Gasteiger partial charge in [0.05, 0.1) is 16.7 Å². The molecule has 0 atom stereocenters. The standard InChI is InChI=1S/C22H20ClFN4/c23-16-5-7-17(8-6-16)27-9-11-28(12-10-27)21-14-20-19(13-18(21)24)25-22(26-20)15-3-1-2-4-15/h1-3,5-8,13-14H,4,9-12H2,(H,25,26). The highest BCUT2D eigenvalue weighted by molar-refractivity contribution is 6.30. The molecule has 2 aromatic carbocycles. The number of anilines is 2. The molecule has 1 fully saturated rings. The number of benzene rings is 2. The minimum atomic E-state index is -0.207. The summed E-state index contributed by atoms with van der Waals surface area (Å²) in [7, 11) is 0. The van der Waals surface area contributed by atoms with Crippen molar-refractivity contribution < 1.29 is 4.39 Å². The summed E-state index contributed by atoms with van der Waals surface area (Å²) in [6.07, 6.45) is 7.02. The van der Waals surface area contributed by atoms with Gasteiger partial charge < -0.3 is 14.8 Å². The first kappa shape index (κ1) is 17.3. The third kappa shape index (κ3) is 3.16. The van der Waals surface area contributed by atoms with Crippen molar-refractivity contribution in [3.8, 4) is 0 Å². The monoisotopic (exact) mass is 394 g/mol. The van der Waals surface area contributed by atoms with E-state index >= 15 is 0 Å². The Morgan fingerprint density at radius 2 is 1.75 bits per heavy atom. The van der Waals surface area contributed by atoms with Crippen molar-refractivity contribution in [3.63, 3.8) is 0 Å². The van der Waals surface area contributed by atoms with Crippen molar-refractivity contribution in [2.24, 2.45) is 0 Å². The lowest BCUT2D eigenvalue weighted by atomic mass is 10.2. The number of allylic oxidation sites excluding steroid dienone is 4. The lowest BCUT2D eigenvalue weighted by Gasteiger charge is -2.37. The summed E-state index contributed by atoms with van der Waals surface area (Å²) in [6, 6.07) is 11.3. The first-order valence-electron chi connectivity index (χ1n) is 9.48. The van der Waals surface area contributed by atoms with Crippen LogP contribution in [0.5, 0.6) is 0 Å². The quantitative estimate of drug-likeness (QED) is 0.677. The molecule has 1 aliphatic heterocycles. The molecule has 1 aromatic heterocycles. The largest absolute Gasteiger partial charge is 0.368 e. The Hall–Kier alpha value is -2.79. The summed E-state index contributed by atoms with van der Waals surface area (Å²) in [5, 5.41) is 0.736. The van der Waals surface area contributed by atoms with Gasteiger partial charge in [-0.1, -0.05) is 29.8 Å². The van der Waals surface area contributed by atoms with Gasteiger partial charge in [-0.2, -0.15) is 0 Å². The number of nitrogens with one attached hydrogen (secondary N) is 1. The highest BCUT2D eigenvalue weighted by Crippen LogP contribution is 2.29. The van der Waals surface area contributed by atoms with Crippen molar-refractivity contribution in [2.75, 3.05) is 36.0 Å². The zero-order chi connectivity index (χ0) is 19.1. The number of fused-ring (bicyclic) bond motifs is 1. The first-order valence-corrected chi connectivity index (χ1v) is 9.86. The second-order valence-electron chi connectivity index (χ2n) is 7.18. The molecule has 0 spiro atoms. The number of aromatic nitrogens is 2. The van der Waals surface area contributed by atoms with Crippen LogP contribution < -0.4 is 9.80 Å². The molecular weight excluding hydrogens is 375 g/mol. The predicted molar refractivity (Wildman–Crippen MR) is 114 cm³/mol. The molecule has 1 N–H and O–H groups in total. The van der Waals surface area contributed by atoms with Gasteiger partial charge in [0.15, 0.2) is 0 Å². The maximum absolute atomic E-state index is 14.8. The number of nitrogens with zero attached hydrogens (tertiary/aromatic N) is 3.